The number of halogens is 4. The van der Waals surface area contributed by atoms with Gasteiger partial charge in [0.05, 0.1) is 30.0 Å². The van der Waals surface area contributed by atoms with Gasteiger partial charge in [0.15, 0.2) is 0 Å². The molecule has 1 atom stereocenters. The van der Waals surface area contributed by atoms with Crippen molar-refractivity contribution in [2.75, 3.05) is 18.5 Å². The fourth-order valence-corrected chi connectivity index (χ4v) is 4.68. The molecule has 11 heteroatoms. The highest BCUT2D eigenvalue weighted by Gasteiger charge is 2.56. The molecule has 1 fully saturated rings. The van der Waals surface area contributed by atoms with Crippen LogP contribution in [0.4, 0.5) is 23.2 Å². The monoisotopic (exact) mass is 570 g/mol. The molecule has 1 aliphatic carbocycles. The minimum Gasteiger partial charge on any atom is -0.491 e. The van der Waals surface area contributed by atoms with Gasteiger partial charge in [-0.05, 0) is 80.3 Å². The van der Waals surface area contributed by atoms with E-state index in [-0.39, 0.29) is 36.1 Å². The number of rotatable bonds is 10. The fraction of sp³-hybridized carbons (Fsp3) is 0.333. The summed E-state index contributed by atoms with van der Waals surface area (Å²) < 4.78 is 63.0. The van der Waals surface area contributed by atoms with Crippen molar-refractivity contribution in [1.29, 1.82) is 0 Å². The summed E-state index contributed by atoms with van der Waals surface area (Å²) in [5.74, 6) is -1.06. The van der Waals surface area contributed by atoms with Gasteiger partial charge in [-0.3, -0.25) is 4.79 Å². The number of aromatic amines is 1. The van der Waals surface area contributed by atoms with Crippen LogP contribution in [0.1, 0.15) is 48.3 Å². The number of hydrogen-bond acceptors (Lipinski definition) is 5. The number of carbonyl (C=O) groups is 1. The molecule has 7 nitrogen and oxygen atoms in total. The van der Waals surface area contributed by atoms with Crippen LogP contribution in [0.2, 0.25) is 0 Å². The molecule has 0 radical (unpaired) electrons. The number of pyridine rings is 1. The molecule has 0 bridgehead atoms. The lowest BCUT2D eigenvalue weighted by molar-refractivity contribution is -0.265. The number of aryl methyl sites for hydroxylation is 1. The third-order valence-electron chi connectivity index (χ3n) is 7.09. The Labute approximate surface area is 233 Å². The summed E-state index contributed by atoms with van der Waals surface area (Å²) in [4.78, 5) is 20.5. The summed E-state index contributed by atoms with van der Waals surface area (Å²) in [6.07, 6.45) is -1.23. The Morgan fingerprint density at radius 1 is 1.12 bits per heavy atom. The fourth-order valence-electron chi connectivity index (χ4n) is 4.68. The summed E-state index contributed by atoms with van der Waals surface area (Å²) in [7, 11) is 0. The van der Waals surface area contributed by atoms with Gasteiger partial charge in [-0.25, -0.2) is 9.37 Å². The van der Waals surface area contributed by atoms with Gasteiger partial charge in [-0.15, -0.1) is 0 Å². The highest BCUT2D eigenvalue weighted by Crippen LogP contribution is 2.42. The Morgan fingerprint density at radius 2 is 1.85 bits per heavy atom. The van der Waals surface area contributed by atoms with Crippen LogP contribution in [0.3, 0.4) is 0 Å². The van der Waals surface area contributed by atoms with Crippen LogP contribution in [-0.2, 0) is 12.0 Å². The summed E-state index contributed by atoms with van der Waals surface area (Å²) in [6, 6.07) is 11.4. The molecule has 4 N–H and O–H groups in total. The summed E-state index contributed by atoms with van der Waals surface area (Å²) in [5.41, 5.74) is -1.90. The smallest absolute Gasteiger partial charge is 0.424 e. The Bertz CT molecular complexity index is 1560. The van der Waals surface area contributed by atoms with Gasteiger partial charge in [0.25, 0.3) is 5.91 Å². The average Bonchev–Trinajstić information content (AvgIpc) is 3.63. The molecule has 0 spiro atoms. The molecule has 2 heterocycles. The van der Waals surface area contributed by atoms with E-state index in [1.807, 2.05) is 0 Å². The molecule has 1 aliphatic rings. The Balaban J connectivity index is 1.51. The van der Waals surface area contributed by atoms with Crippen LogP contribution in [0.5, 0.6) is 5.75 Å². The molecule has 41 heavy (non-hydrogen) atoms. The number of ether oxygens (including phenoxy) is 1. The normalized spacial score (nSPS) is 15.0. The molecule has 1 amide bonds. The second kappa shape index (κ2) is 11.0. The standard InChI is InChI=1S/C30H30F4N4O3/c1-3-17-15-24(38-26(27(17)41-4-2)18-5-7-21(31)8-6-18)29(40,30(32,33)34)16-36-28(39)20-13-19-11-12-35-25(19)23(14-20)37-22-9-10-22/h5-8,11-15,22,35,37,40H,3-4,9-10,16H2,1-2H3,(H,36,39)/t29-/m0/s1. The third kappa shape index (κ3) is 5.72. The minimum absolute atomic E-state index is 0.0314. The van der Waals surface area contributed by atoms with E-state index >= 15 is 0 Å². The molecular weight excluding hydrogens is 540 g/mol. The van der Waals surface area contributed by atoms with E-state index in [4.69, 9.17) is 4.74 Å². The van der Waals surface area contributed by atoms with Gasteiger partial charge < -0.3 is 25.5 Å². The quantitative estimate of drug-likeness (QED) is 0.173. The number of nitrogens with one attached hydrogen (secondary N) is 3. The Morgan fingerprint density at radius 3 is 2.49 bits per heavy atom. The number of hydrogen-bond donors (Lipinski definition) is 4. The lowest BCUT2D eigenvalue weighted by Gasteiger charge is -2.31. The number of benzene rings is 2. The van der Waals surface area contributed by atoms with E-state index in [1.54, 1.807) is 38.2 Å². The second-order valence-electron chi connectivity index (χ2n) is 10.1. The van der Waals surface area contributed by atoms with Gasteiger partial charge in [0, 0.05) is 28.8 Å². The van der Waals surface area contributed by atoms with E-state index in [0.29, 0.717) is 16.8 Å². The van der Waals surface area contributed by atoms with Crippen molar-refractivity contribution in [3.8, 4) is 17.0 Å². The zero-order chi connectivity index (χ0) is 29.4. The van der Waals surface area contributed by atoms with Crippen molar-refractivity contribution in [2.45, 2.75) is 50.9 Å². The predicted octanol–water partition coefficient (Wildman–Crippen LogP) is 6.08. The molecule has 0 saturated heterocycles. The van der Waals surface area contributed by atoms with Crippen LogP contribution in [0.25, 0.3) is 22.2 Å². The van der Waals surface area contributed by atoms with Crippen LogP contribution >= 0.6 is 0 Å². The van der Waals surface area contributed by atoms with E-state index in [1.165, 1.54) is 12.1 Å². The Kier molecular flexibility index (Phi) is 7.65. The second-order valence-corrected chi connectivity index (χ2v) is 10.1. The SMILES string of the molecule is CCOc1c(CC)cc([C@@](O)(CNC(=O)c2cc(NC3CC3)c3[nH]ccc3c2)C(F)(F)F)nc1-c1ccc(F)cc1. The molecule has 0 aliphatic heterocycles. The predicted molar refractivity (Wildman–Crippen MR) is 147 cm³/mol. The number of amides is 1. The number of alkyl halides is 3. The number of nitrogens with zero attached hydrogens (tertiary/aromatic N) is 1. The molecule has 0 unspecified atom stereocenters. The molecule has 2 aromatic carbocycles. The molecule has 1 saturated carbocycles. The van der Waals surface area contributed by atoms with Crippen molar-refractivity contribution in [2.24, 2.45) is 0 Å². The van der Waals surface area contributed by atoms with Gasteiger partial charge in [0.1, 0.15) is 17.3 Å². The molecule has 5 rings (SSSR count). The topological polar surface area (TPSA) is 99.3 Å². The first kappa shape index (κ1) is 28.4. The third-order valence-corrected chi connectivity index (χ3v) is 7.09. The number of H-pyrrole nitrogens is 1. The summed E-state index contributed by atoms with van der Waals surface area (Å²) in [5, 5.41) is 17.5. The maximum atomic E-state index is 14.6. The average molecular weight is 571 g/mol. The van der Waals surface area contributed by atoms with Gasteiger partial charge in [-0.1, -0.05) is 6.92 Å². The van der Waals surface area contributed by atoms with Crippen molar-refractivity contribution < 1.29 is 32.2 Å². The zero-order valence-corrected chi connectivity index (χ0v) is 22.5. The van der Waals surface area contributed by atoms with Crippen molar-refractivity contribution >= 4 is 22.5 Å². The minimum atomic E-state index is -5.20. The number of aromatic nitrogens is 2. The van der Waals surface area contributed by atoms with E-state index < -0.39 is 35.7 Å². The molecule has 2 aromatic heterocycles. The largest absolute Gasteiger partial charge is 0.491 e. The first-order valence-corrected chi connectivity index (χ1v) is 13.4. The van der Waals surface area contributed by atoms with Crippen LogP contribution in [0, 0.1) is 5.82 Å². The highest BCUT2D eigenvalue weighted by atomic mass is 19.4. The van der Waals surface area contributed by atoms with Crippen molar-refractivity contribution in [1.82, 2.24) is 15.3 Å². The maximum absolute atomic E-state index is 14.6. The van der Waals surface area contributed by atoms with Crippen molar-refractivity contribution in [3.63, 3.8) is 0 Å². The number of carbonyl (C=O) groups excluding carboxylic acids is 1. The van der Waals surface area contributed by atoms with Gasteiger partial charge in [-0.2, -0.15) is 13.2 Å². The maximum Gasteiger partial charge on any atom is 0.424 e. The summed E-state index contributed by atoms with van der Waals surface area (Å²) >= 11 is 0. The van der Waals surface area contributed by atoms with Crippen LogP contribution in [0.15, 0.2) is 54.7 Å². The Hall–Kier alpha value is -4.12. The van der Waals surface area contributed by atoms with Crippen LogP contribution in [-0.4, -0.2) is 46.4 Å². The van der Waals surface area contributed by atoms with E-state index in [2.05, 4.69) is 20.6 Å². The zero-order valence-electron chi connectivity index (χ0n) is 22.5. The highest BCUT2D eigenvalue weighted by molar-refractivity contribution is 6.02. The van der Waals surface area contributed by atoms with Crippen molar-refractivity contribution in [3.05, 3.63) is 77.4 Å². The lowest BCUT2D eigenvalue weighted by Crippen LogP contribution is -2.51. The molecule has 216 valence electrons. The van der Waals surface area contributed by atoms with Crippen LogP contribution < -0.4 is 15.4 Å². The summed E-state index contributed by atoms with van der Waals surface area (Å²) in [6.45, 7) is 2.48. The first-order chi connectivity index (χ1) is 19.5. The molecule has 4 aromatic rings. The van der Waals surface area contributed by atoms with E-state index in [0.717, 1.165) is 41.9 Å². The lowest BCUT2D eigenvalue weighted by atomic mass is 9.94. The number of aliphatic hydroxyl groups is 1. The van der Waals surface area contributed by atoms with Gasteiger partial charge >= 0.3 is 6.18 Å². The first-order valence-electron chi connectivity index (χ1n) is 13.4. The van der Waals surface area contributed by atoms with E-state index in [9.17, 15) is 27.5 Å². The number of fused-ring (bicyclic) bond motifs is 1. The van der Waals surface area contributed by atoms with Gasteiger partial charge in [0.2, 0.25) is 5.60 Å². The number of anilines is 1. The molecular formula is C30H30F4N4O3.